The van der Waals surface area contributed by atoms with E-state index in [0.29, 0.717) is 30.4 Å². The van der Waals surface area contributed by atoms with Gasteiger partial charge in [-0.2, -0.15) is 0 Å². The zero-order chi connectivity index (χ0) is 18.5. The van der Waals surface area contributed by atoms with Gasteiger partial charge >= 0.3 is 0 Å². The predicted molar refractivity (Wildman–Crippen MR) is 96.7 cm³/mol. The topological polar surface area (TPSA) is 58.6 Å². The van der Waals surface area contributed by atoms with Gasteiger partial charge in [-0.15, -0.1) is 0 Å². The van der Waals surface area contributed by atoms with Gasteiger partial charge in [0.2, 0.25) is 5.91 Å². The lowest BCUT2D eigenvalue weighted by atomic mass is 10.1. The van der Waals surface area contributed by atoms with Gasteiger partial charge in [-0.05, 0) is 24.5 Å². The van der Waals surface area contributed by atoms with Crippen molar-refractivity contribution >= 4 is 11.7 Å². The Morgan fingerprint density at radius 2 is 2.08 bits per heavy atom. The number of aromatic nitrogens is 2. The first kappa shape index (κ1) is 18.1. The fraction of sp³-hybridized carbons (Fsp3) is 0.421. The summed E-state index contributed by atoms with van der Waals surface area (Å²) in [4.78, 5) is 24.7. The molecule has 1 aliphatic heterocycles. The molecular formula is C19H23FN4O2. The van der Waals surface area contributed by atoms with Crippen LogP contribution in [-0.2, 0) is 11.2 Å². The maximum atomic E-state index is 13.8. The lowest BCUT2D eigenvalue weighted by molar-refractivity contribution is -0.133. The summed E-state index contributed by atoms with van der Waals surface area (Å²) in [5.41, 5.74) is 0.421. The highest BCUT2D eigenvalue weighted by atomic mass is 19.1. The average molecular weight is 358 g/mol. The lowest BCUT2D eigenvalue weighted by Crippen LogP contribution is -2.45. The van der Waals surface area contributed by atoms with Crippen LogP contribution in [0.4, 0.5) is 10.2 Å². The minimum absolute atomic E-state index is 0.0630. The molecule has 1 aromatic carbocycles. The monoisotopic (exact) mass is 358 g/mol. The van der Waals surface area contributed by atoms with Crippen LogP contribution in [0.2, 0.25) is 0 Å². The van der Waals surface area contributed by atoms with Crippen molar-refractivity contribution in [2.45, 2.75) is 25.4 Å². The smallest absolute Gasteiger partial charge is 0.257 e. The fourth-order valence-electron chi connectivity index (χ4n) is 3.04. The minimum Gasteiger partial charge on any atom is -0.470 e. The molecule has 0 aliphatic carbocycles. The first-order chi connectivity index (χ1) is 12.5. The zero-order valence-electron chi connectivity index (χ0n) is 15.1. The maximum absolute atomic E-state index is 13.8. The van der Waals surface area contributed by atoms with Crippen LogP contribution in [-0.4, -0.2) is 54.1 Å². The molecule has 1 aromatic heterocycles. The van der Waals surface area contributed by atoms with E-state index in [1.54, 1.807) is 35.5 Å². The molecular weight excluding hydrogens is 335 g/mol. The number of hydrogen-bond donors (Lipinski definition) is 0. The second-order valence-electron chi connectivity index (χ2n) is 6.57. The SMILES string of the molecule is CN(C)c1nccnc1OC1CCCN(C(=O)Cc2ccccc2F)C1. The molecule has 0 radical (unpaired) electrons. The second kappa shape index (κ2) is 8.12. The van der Waals surface area contributed by atoms with Gasteiger partial charge in [0.05, 0.1) is 13.0 Å². The molecule has 3 rings (SSSR count). The first-order valence-corrected chi connectivity index (χ1v) is 8.70. The van der Waals surface area contributed by atoms with E-state index >= 15 is 0 Å². The Bertz CT molecular complexity index is 769. The first-order valence-electron chi connectivity index (χ1n) is 8.70. The number of amides is 1. The molecule has 1 fully saturated rings. The molecule has 6 nitrogen and oxygen atoms in total. The maximum Gasteiger partial charge on any atom is 0.257 e. The molecule has 1 saturated heterocycles. The van der Waals surface area contributed by atoms with E-state index in [0.717, 1.165) is 12.8 Å². The summed E-state index contributed by atoms with van der Waals surface area (Å²) in [5, 5.41) is 0. The van der Waals surface area contributed by atoms with Gasteiger partial charge in [-0.3, -0.25) is 4.79 Å². The number of carbonyl (C=O) groups is 1. The molecule has 2 aromatic rings. The zero-order valence-corrected chi connectivity index (χ0v) is 15.1. The summed E-state index contributed by atoms with van der Waals surface area (Å²) in [6.07, 6.45) is 4.80. The van der Waals surface area contributed by atoms with Gasteiger partial charge in [0.15, 0.2) is 5.82 Å². The van der Waals surface area contributed by atoms with Crippen LogP contribution in [0, 0.1) is 5.82 Å². The summed E-state index contributed by atoms with van der Waals surface area (Å²) < 4.78 is 19.8. The highest BCUT2D eigenvalue weighted by molar-refractivity contribution is 5.79. The average Bonchev–Trinajstić information content (AvgIpc) is 2.64. The Balaban J connectivity index is 1.64. The molecule has 138 valence electrons. The van der Waals surface area contributed by atoms with Gasteiger partial charge in [0, 0.05) is 33.0 Å². The molecule has 7 heteroatoms. The number of rotatable bonds is 5. The third-order valence-electron chi connectivity index (χ3n) is 4.38. The molecule has 1 atom stereocenters. The van der Waals surface area contributed by atoms with E-state index in [1.807, 2.05) is 19.0 Å². The third-order valence-corrected chi connectivity index (χ3v) is 4.38. The molecule has 26 heavy (non-hydrogen) atoms. The Morgan fingerprint density at radius 3 is 2.85 bits per heavy atom. The predicted octanol–water partition coefficient (Wildman–Crippen LogP) is 2.29. The van der Waals surface area contributed by atoms with Crippen LogP contribution in [0.1, 0.15) is 18.4 Å². The van der Waals surface area contributed by atoms with Crippen LogP contribution in [0.25, 0.3) is 0 Å². The Kier molecular flexibility index (Phi) is 5.65. The van der Waals surface area contributed by atoms with Gasteiger partial charge in [0.25, 0.3) is 5.88 Å². The van der Waals surface area contributed by atoms with Gasteiger partial charge in [-0.1, -0.05) is 18.2 Å². The highest BCUT2D eigenvalue weighted by Crippen LogP contribution is 2.24. The Morgan fingerprint density at radius 1 is 1.31 bits per heavy atom. The van der Waals surface area contributed by atoms with E-state index in [9.17, 15) is 9.18 Å². The number of likely N-dealkylation sites (tertiary alicyclic amines) is 1. The quantitative estimate of drug-likeness (QED) is 0.821. The van der Waals surface area contributed by atoms with Crippen LogP contribution in [0.3, 0.4) is 0 Å². The largest absolute Gasteiger partial charge is 0.470 e. The number of halogens is 1. The Hall–Kier alpha value is -2.70. The van der Waals surface area contributed by atoms with Crippen molar-refractivity contribution in [3.63, 3.8) is 0 Å². The molecule has 1 amide bonds. The van der Waals surface area contributed by atoms with Crippen molar-refractivity contribution < 1.29 is 13.9 Å². The van der Waals surface area contributed by atoms with Gasteiger partial charge < -0.3 is 14.5 Å². The molecule has 1 unspecified atom stereocenters. The second-order valence-corrected chi connectivity index (χ2v) is 6.57. The van der Waals surface area contributed by atoms with E-state index in [1.165, 1.54) is 6.07 Å². The summed E-state index contributed by atoms with van der Waals surface area (Å²) >= 11 is 0. The van der Waals surface area contributed by atoms with E-state index in [2.05, 4.69) is 9.97 Å². The third kappa shape index (κ3) is 4.28. The summed E-state index contributed by atoms with van der Waals surface area (Å²) in [7, 11) is 3.75. The van der Waals surface area contributed by atoms with Crippen molar-refractivity contribution in [3.8, 4) is 5.88 Å². The molecule has 2 heterocycles. The normalized spacial score (nSPS) is 17.0. The number of piperidine rings is 1. The van der Waals surface area contributed by atoms with Crippen molar-refractivity contribution in [1.29, 1.82) is 0 Å². The summed E-state index contributed by atoms with van der Waals surface area (Å²) in [6.45, 7) is 1.13. The number of carbonyl (C=O) groups excluding carboxylic acids is 1. The number of ether oxygens (including phenoxy) is 1. The van der Waals surface area contributed by atoms with Gasteiger partial charge in [-0.25, -0.2) is 14.4 Å². The number of hydrogen-bond acceptors (Lipinski definition) is 5. The minimum atomic E-state index is -0.346. The fourth-order valence-corrected chi connectivity index (χ4v) is 3.04. The van der Waals surface area contributed by atoms with Crippen LogP contribution in [0.15, 0.2) is 36.7 Å². The Labute approximate surface area is 152 Å². The van der Waals surface area contributed by atoms with Gasteiger partial charge in [0.1, 0.15) is 11.9 Å². The van der Waals surface area contributed by atoms with E-state index in [4.69, 9.17) is 4.74 Å². The number of nitrogens with zero attached hydrogens (tertiary/aromatic N) is 4. The number of benzene rings is 1. The van der Waals surface area contributed by atoms with Crippen LogP contribution in [0.5, 0.6) is 5.88 Å². The standard InChI is InChI=1S/C19H23FN4O2/c1-23(2)18-19(22-10-9-21-18)26-15-7-5-11-24(13-15)17(25)12-14-6-3-4-8-16(14)20/h3-4,6,8-10,15H,5,7,11-13H2,1-2H3. The summed E-state index contributed by atoms with van der Waals surface area (Å²) in [5.74, 6) is 0.685. The van der Waals surface area contributed by atoms with Crippen molar-refractivity contribution in [2.75, 3.05) is 32.1 Å². The van der Waals surface area contributed by atoms with Crippen molar-refractivity contribution in [2.24, 2.45) is 0 Å². The molecule has 0 saturated carbocycles. The lowest BCUT2D eigenvalue weighted by Gasteiger charge is -2.33. The van der Waals surface area contributed by atoms with Crippen molar-refractivity contribution in [3.05, 3.63) is 48.0 Å². The van der Waals surface area contributed by atoms with Crippen molar-refractivity contribution in [1.82, 2.24) is 14.9 Å². The molecule has 1 aliphatic rings. The molecule has 0 bridgehead atoms. The van der Waals surface area contributed by atoms with E-state index < -0.39 is 0 Å². The number of anilines is 1. The summed E-state index contributed by atoms with van der Waals surface area (Å²) in [6, 6.07) is 6.39. The molecule has 0 spiro atoms. The van der Waals surface area contributed by atoms with Crippen LogP contribution < -0.4 is 9.64 Å². The highest BCUT2D eigenvalue weighted by Gasteiger charge is 2.26. The van der Waals surface area contributed by atoms with Crippen LogP contribution >= 0.6 is 0 Å². The molecule has 0 N–H and O–H groups in total. The van der Waals surface area contributed by atoms with E-state index in [-0.39, 0.29) is 24.2 Å².